The summed E-state index contributed by atoms with van der Waals surface area (Å²) in [5.41, 5.74) is 0.282. The van der Waals surface area contributed by atoms with E-state index >= 15 is 0 Å². The summed E-state index contributed by atoms with van der Waals surface area (Å²) in [5, 5.41) is 0. The molecule has 0 aliphatic carbocycles. The maximum Gasteiger partial charge on any atom is 0.416 e. The van der Waals surface area contributed by atoms with Crippen molar-refractivity contribution in [2.24, 2.45) is 0 Å². The zero-order valence-corrected chi connectivity index (χ0v) is 16.0. The third-order valence-corrected chi connectivity index (χ3v) is 5.22. The topological polar surface area (TPSA) is 46.2 Å². The zero-order valence-electron chi connectivity index (χ0n) is 15.2. The molecule has 0 heterocycles. The number of benzene rings is 2. The first-order valence-corrected chi connectivity index (χ1v) is 9.64. The summed E-state index contributed by atoms with van der Waals surface area (Å²) in [5.74, 6) is 5.07. The number of halogens is 3. The molecule has 3 nitrogen and oxygen atoms in total. The first-order chi connectivity index (χ1) is 12.4. The lowest BCUT2D eigenvalue weighted by molar-refractivity contribution is -0.137. The fraction of sp³-hybridized carbons (Fsp3) is 0.300. The maximum absolute atomic E-state index is 12.7. The predicted molar refractivity (Wildman–Crippen MR) is 98.7 cm³/mol. The van der Waals surface area contributed by atoms with E-state index in [2.05, 4.69) is 16.6 Å². The van der Waals surface area contributed by atoms with Crippen LogP contribution in [0.15, 0.2) is 53.4 Å². The summed E-state index contributed by atoms with van der Waals surface area (Å²) < 4.78 is 64.8. The van der Waals surface area contributed by atoms with Crippen LogP contribution in [0.2, 0.25) is 0 Å². The first kappa shape index (κ1) is 21.0. The monoisotopic (exact) mass is 395 g/mol. The van der Waals surface area contributed by atoms with Gasteiger partial charge in [-0.1, -0.05) is 50.8 Å². The molecule has 0 aliphatic heterocycles. The number of hydrogen-bond acceptors (Lipinski definition) is 2. The fourth-order valence-corrected chi connectivity index (χ4v) is 3.19. The van der Waals surface area contributed by atoms with Crippen LogP contribution >= 0.6 is 0 Å². The molecule has 0 aromatic heterocycles. The average Bonchev–Trinajstić information content (AvgIpc) is 2.58. The summed E-state index contributed by atoms with van der Waals surface area (Å²) >= 11 is 0. The van der Waals surface area contributed by atoms with Gasteiger partial charge in [-0.2, -0.15) is 17.9 Å². The molecule has 0 unspecified atom stereocenters. The van der Waals surface area contributed by atoms with Gasteiger partial charge in [-0.25, -0.2) is 8.42 Å². The highest BCUT2D eigenvalue weighted by molar-refractivity contribution is 7.89. The Bertz CT molecular complexity index is 961. The van der Waals surface area contributed by atoms with Crippen LogP contribution in [0.25, 0.3) is 0 Å². The van der Waals surface area contributed by atoms with Gasteiger partial charge in [0.05, 0.1) is 17.0 Å². The molecule has 144 valence electrons. The van der Waals surface area contributed by atoms with E-state index in [0.29, 0.717) is 0 Å². The first-order valence-electron chi connectivity index (χ1n) is 8.16. The lowest BCUT2D eigenvalue weighted by atomic mass is 9.87. The minimum Gasteiger partial charge on any atom is -0.207 e. The molecule has 0 atom stereocenters. The van der Waals surface area contributed by atoms with Crippen molar-refractivity contribution in [3.05, 3.63) is 65.2 Å². The highest BCUT2D eigenvalue weighted by atomic mass is 32.2. The molecule has 2 rings (SSSR count). The van der Waals surface area contributed by atoms with Gasteiger partial charge in [-0.05, 0) is 41.3 Å². The van der Waals surface area contributed by atoms with Crippen molar-refractivity contribution in [3.63, 3.8) is 0 Å². The molecular formula is C20H20F3NO2S. The summed E-state index contributed by atoms with van der Waals surface area (Å²) in [4.78, 5) is 0.108. The SMILES string of the molecule is CC(C)(C)c1ccc(S(=O)(=O)NCC#Cc2cccc(C(F)(F)F)c2)cc1. The molecule has 0 saturated heterocycles. The fourth-order valence-electron chi connectivity index (χ4n) is 2.27. The lowest BCUT2D eigenvalue weighted by Gasteiger charge is -2.19. The predicted octanol–water partition coefficient (Wildman–Crippen LogP) is 4.33. The van der Waals surface area contributed by atoms with Crippen LogP contribution < -0.4 is 4.72 Å². The van der Waals surface area contributed by atoms with Gasteiger partial charge >= 0.3 is 6.18 Å². The molecule has 2 aromatic carbocycles. The Kier molecular flexibility index (Phi) is 6.03. The van der Waals surface area contributed by atoms with Crippen LogP contribution in [-0.2, 0) is 21.6 Å². The van der Waals surface area contributed by atoms with Gasteiger partial charge in [0.2, 0.25) is 10.0 Å². The molecule has 2 aromatic rings. The molecular weight excluding hydrogens is 375 g/mol. The molecule has 0 saturated carbocycles. The van der Waals surface area contributed by atoms with Gasteiger partial charge in [0.15, 0.2) is 0 Å². The second-order valence-electron chi connectivity index (χ2n) is 6.98. The van der Waals surface area contributed by atoms with Crippen LogP contribution in [0, 0.1) is 11.8 Å². The van der Waals surface area contributed by atoms with Gasteiger partial charge in [-0.15, -0.1) is 0 Å². The third-order valence-electron chi connectivity index (χ3n) is 3.80. The normalized spacial score (nSPS) is 12.4. The van der Waals surface area contributed by atoms with E-state index in [0.717, 1.165) is 17.7 Å². The van der Waals surface area contributed by atoms with Crippen LogP contribution in [0.5, 0.6) is 0 Å². The molecule has 0 fully saturated rings. The van der Waals surface area contributed by atoms with Gasteiger partial charge < -0.3 is 0 Å². The molecule has 1 N–H and O–H groups in total. The quantitative estimate of drug-likeness (QED) is 0.787. The van der Waals surface area contributed by atoms with Gasteiger partial charge in [-0.3, -0.25) is 0 Å². The third kappa shape index (κ3) is 5.84. The Labute approximate surface area is 157 Å². The second kappa shape index (κ2) is 7.75. The van der Waals surface area contributed by atoms with Crippen LogP contribution in [0.4, 0.5) is 13.2 Å². The van der Waals surface area contributed by atoms with Crippen molar-refractivity contribution < 1.29 is 21.6 Å². The molecule has 7 heteroatoms. The number of nitrogens with one attached hydrogen (secondary N) is 1. The zero-order chi connectivity index (χ0) is 20.3. The second-order valence-corrected chi connectivity index (χ2v) is 8.75. The maximum atomic E-state index is 12.7. The molecule has 0 amide bonds. The summed E-state index contributed by atoms with van der Waals surface area (Å²) in [6.45, 7) is 5.87. The summed E-state index contributed by atoms with van der Waals surface area (Å²) in [6.07, 6.45) is -4.45. The summed E-state index contributed by atoms with van der Waals surface area (Å²) in [7, 11) is -3.74. The molecule has 27 heavy (non-hydrogen) atoms. The van der Waals surface area contributed by atoms with E-state index in [1.54, 1.807) is 12.1 Å². The van der Waals surface area contributed by atoms with Crippen molar-refractivity contribution in [2.75, 3.05) is 6.54 Å². The van der Waals surface area contributed by atoms with E-state index in [4.69, 9.17) is 0 Å². The van der Waals surface area contributed by atoms with E-state index < -0.39 is 21.8 Å². The Morgan fingerprint density at radius 2 is 1.59 bits per heavy atom. The number of alkyl halides is 3. The van der Waals surface area contributed by atoms with Gasteiger partial charge in [0, 0.05) is 5.56 Å². The Hall–Kier alpha value is -2.30. The molecule has 0 radical (unpaired) electrons. The summed E-state index contributed by atoms with van der Waals surface area (Å²) in [6, 6.07) is 11.1. The molecule has 0 spiro atoms. The van der Waals surface area contributed by atoms with Gasteiger partial charge in [0.25, 0.3) is 0 Å². The van der Waals surface area contributed by atoms with E-state index in [1.165, 1.54) is 24.3 Å². The number of hydrogen-bond donors (Lipinski definition) is 1. The van der Waals surface area contributed by atoms with Crippen molar-refractivity contribution in [3.8, 4) is 11.8 Å². The van der Waals surface area contributed by atoms with Crippen molar-refractivity contribution in [1.29, 1.82) is 0 Å². The van der Waals surface area contributed by atoms with Gasteiger partial charge in [0.1, 0.15) is 0 Å². The molecule has 0 bridgehead atoms. The average molecular weight is 395 g/mol. The van der Waals surface area contributed by atoms with Crippen LogP contribution in [-0.4, -0.2) is 15.0 Å². The largest absolute Gasteiger partial charge is 0.416 e. The Morgan fingerprint density at radius 1 is 0.963 bits per heavy atom. The number of sulfonamides is 1. The van der Waals surface area contributed by atoms with Crippen LogP contribution in [0.3, 0.4) is 0 Å². The van der Waals surface area contributed by atoms with Crippen LogP contribution in [0.1, 0.15) is 37.5 Å². The highest BCUT2D eigenvalue weighted by Gasteiger charge is 2.30. The van der Waals surface area contributed by atoms with Crippen molar-refractivity contribution in [1.82, 2.24) is 4.72 Å². The number of rotatable bonds is 3. The van der Waals surface area contributed by atoms with E-state index in [-0.39, 0.29) is 22.4 Å². The van der Waals surface area contributed by atoms with E-state index in [1.807, 2.05) is 20.8 Å². The van der Waals surface area contributed by atoms with Crippen molar-refractivity contribution >= 4 is 10.0 Å². The van der Waals surface area contributed by atoms with Crippen molar-refractivity contribution in [2.45, 2.75) is 37.3 Å². The Morgan fingerprint density at radius 3 is 2.15 bits per heavy atom. The van der Waals surface area contributed by atoms with E-state index in [9.17, 15) is 21.6 Å². The standard InChI is InChI=1S/C20H20F3NO2S/c1-19(2,3)16-9-11-18(12-10-16)27(25,26)24-13-5-7-15-6-4-8-17(14-15)20(21,22)23/h4,6,8-12,14,24H,13H2,1-3H3. The smallest absolute Gasteiger partial charge is 0.207 e. The lowest BCUT2D eigenvalue weighted by Crippen LogP contribution is -2.24. The minimum absolute atomic E-state index is 0.0911. The highest BCUT2D eigenvalue weighted by Crippen LogP contribution is 2.29. The molecule has 0 aliphatic rings. The minimum atomic E-state index is -4.45. The Balaban J connectivity index is 2.06.